The van der Waals surface area contributed by atoms with Gasteiger partial charge in [0.25, 0.3) is 0 Å². The van der Waals surface area contributed by atoms with Gasteiger partial charge in [-0.3, -0.25) is 0 Å². The summed E-state index contributed by atoms with van der Waals surface area (Å²) in [7, 11) is 0. The summed E-state index contributed by atoms with van der Waals surface area (Å²) >= 11 is 0. The van der Waals surface area contributed by atoms with Crippen molar-refractivity contribution in [3.63, 3.8) is 0 Å². The van der Waals surface area contributed by atoms with Gasteiger partial charge in [-0.25, -0.2) is 4.39 Å². The Kier molecular flexibility index (Phi) is 5.76. The van der Waals surface area contributed by atoms with E-state index in [0.717, 1.165) is 12.8 Å². The third-order valence-corrected chi connectivity index (χ3v) is 3.28. The Morgan fingerprint density at radius 2 is 2.10 bits per heavy atom. The number of aryl methyl sites for hydroxylation is 1. The van der Waals surface area contributed by atoms with Crippen LogP contribution in [-0.2, 0) is 9.47 Å². The van der Waals surface area contributed by atoms with Crippen molar-refractivity contribution < 1.29 is 23.7 Å². The molecule has 0 radical (unpaired) electrons. The van der Waals surface area contributed by atoms with Crippen molar-refractivity contribution in [1.82, 2.24) is 0 Å². The van der Waals surface area contributed by atoms with Crippen molar-refractivity contribution in [3.8, 4) is 5.75 Å². The highest BCUT2D eigenvalue weighted by Gasteiger charge is 2.16. The first-order chi connectivity index (χ1) is 9.66. The summed E-state index contributed by atoms with van der Waals surface area (Å²) < 4.78 is 29.8. The van der Waals surface area contributed by atoms with E-state index in [9.17, 15) is 9.50 Å². The highest BCUT2D eigenvalue weighted by atomic mass is 19.1. The Morgan fingerprint density at radius 1 is 1.35 bits per heavy atom. The monoisotopic (exact) mass is 284 g/mol. The minimum absolute atomic E-state index is 0.0175. The van der Waals surface area contributed by atoms with Crippen LogP contribution in [0.5, 0.6) is 5.75 Å². The molecule has 0 aromatic heterocycles. The molecule has 0 saturated carbocycles. The molecule has 1 N–H and O–H groups in total. The van der Waals surface area contributed by atoms with Gasteiger partial charge in [-0.2, -0.15) is 0 Å². The van der Waals surface area contributed by atoms with Crippen LogP contribution in [0.1, 0.15) is 18.4 Å². The van der Waals surface area contributed by atoms with Crippen LogP contribution in [0.4, 0.5) is 4.39 Å². The minimum atomic E-state index is -0.766. The normalized spacial score (nSPS) is 17.9. The second-order valence-electron chi connectivity index (χ2n) is 5.00. The first-order valence-electron chi connectivity index (χ1n) is 6.92. The molecule has 1 fully saturated rings. The number of hydrogen-bond donors (Lipinski definition) is 1. The Bertz CT molecular complexity index is 418. The van der Waals surface area contributed by atoms with E-state index in [2.05, 4.69) is 0 Å². The molecule has 1 heterocycles. The molecule has 1 aromatic carbocycles. The minimum Gasteiger partial charge on any atom is -0.488 e. The average molecular weight is 284 g/mol. The Hall–Kier alpha value is -1.17. The predicted octanol–water partition coefficient (Wildman–Crippen LogP) is 2.07. The van der Waals surface area contributed by atoms with E-state index in [1.165, 1.54) is 0 Å². The fourth-order valence-corrected chi connectivity index (χ4v) is 2.06. The maximum absolute atomic E-state index is 13.7. The van der Waals surface area contributed by atoms with Gasteiger partial charge in [-0.15, -0.1) is 0 Å². The van der Waals surface area contributed by atoms with Gasteiger partial charge in [0.15, 0.2) is 11.6 Å². The second-order valence-corrected chi connectivity index (χ2v) is 5.00. The maximum Gasteiger partial charge on any atom is 0.167 e. The first-order valence-corrected chi connectivity index (χ1v) is 6.92. The number of aliphatic hydroxyl groups is 1. The molecular formula is C15H21FO4. The Morgan fingerprint density at radius 3 is 2.85 bits per heavy atom. The summed E-state index contributed by atoms with van der Waals surface area (Å²) in [6.07, 6.45) is 1.06. The van der Waals surface area contributed by atoms with Crippen molar-refractivity contribution in [2.24, 2.45) is 0 Å². The molecule has 0 unspecified atom stereocenters. The summed E-state index contributed by atoms with van der Waals surface area (Å²) in [6.45, 7) is 3.28. The molecule has 1 saturated heterocycles. The van der Waals surface area contributed by atoms with Crippen LogP contribution in [-0.4, -0.2) is 43.7 Å². The zero-order valence-corrected chi connectivity index (χ0v) is 11.7. The maximum atomic E-state index is 13.7. The summed E-state index contributed by atoms with van der Waals surface area (Å²) in [5, 5.41) is 9.80. The Balaban J connectivity index is 1.71. The number of benzene rings is 1. The molecule has 4 nitrogen and oxygen atoms in total. The van der Waals surface area contributed by atoms with Gasteiger partial charge in [0.05, 0.1) is 12.7 Å². The van der Waals surface area contributed by atoms with Crippen LogP contribution in [0.3, 0.4) is 0 Å². The smallest absolute Gasteiger partial charge is 0.167 e. The van der Waals surface area contributed by atoms with E-state index >= 15 is 0 Å². The molecule has 1 aliphatic rings. The van der Waals surface area contributed by atoms with Gasteiger partial charge in [0.2, 0.25) is 0 Å². The van der Waals surface area contributed by atoms with Gasteiger partial charge in [-0.05, 0) is 31.4 Å². The topological polar surface area (TPSA) is 47.9 Å². The third-order valence-electron chi connectivity index (χ3n) is 3.28. The molecule has 112 valence electrons. The van der Waals surface area contributed by atoms with Crippen LogP contribution in [0.25, 0.3) is 0 Å². The highest BCUT2D eigenvalue weighted by molar-refractivity contribution is 5.30. The summed E-state index contributed by atoms with van der Waals surface area (Å²) in [5.74, 6) is -0.222. The molecule has 1 atom stereocenters. The van der Waals surface area contributed by atoms with E-state index < -0.39 is 6.10 Å². The van der Waals surface area contributed by atoms with E-state index in [1.54, 1.807) is 25.1 Å². The second kappa shape index (κ2) is 7.57. The predicted molar refractivity (Wildman–Crippen MR) is 72.4 cm³/mol. The van der Waals surface area contributed by atoms with Gasteiger partial charge in [-0.1, -0.05) is 12.1 Å². The number of ether oxygens (including phenoxy) is 3. The van der Waals surface area contributed by atoms with Gasteiger partial charge in [0, 0.05) is 13.2 Å². The van der Waals surface area contributed by atoms with E-state index in [1.807, 2.05) is 0 Å². The van der Waals surface area contributed by atoms with E-state index in [-0.39, 0.29) is 30.9 Å². The molecule has 20 heavy (non-hydrogen) atoms. The summed E-state index contributed by atoms with van der Waals surface area (Å²) in [4.78, 5) is 0. The molecule has 0 spiro atoms. The van der Waals surface area contributed by atoms with Crippen molar-refractivity contribution in [1.29, 1.82) is 0 Å². The van der Waals surface area contributed by atoms with Crippen LogP contribution in [0.15, 0.2) is 18.2 Å². The number of rotatable bonds is 6. The molecule has 0 aliphatic carbocycles. The van der Waals surface area contributed by atoms with Crippen LogP contribution in [0, 0.1) is 12.7 Å². The first kappa shape index (κ1) is 15.2. The summed E-state index contributed by atoms with van der Waals surface area (Å²) in [5.41, 5.74) is 0.524. The lowest BCUT2D eigenvalue weighted by atomic mass is 10.1. The standard InChI is InChI=1S/C15H21FO4/c1-11-3-2-4-14(15(11)16)20-10-12(17)9-19-13-5-7-18-8-6-13/h2-4,12-13,17H,5-10H2,1H3/t12-/m0/s1. The number of aliphatic hydroxyl groups excluding tert-OH is 1. The number of hydrogen-bond acceptors (Lipinski definition) is 4. The zero-order chi connectivity index (χ0) is 14.4. The Labute approximate surface area is 118 Å². The van der Waals surface area contributed by atoms with Crippen molar-refractivity contribution in [3.05, 3.63) is 29.6 Å². The fraction of sp³-hybridized carbons (Fsp3) is 0.600. The average Bonchev–Trinajstić information content (AvgIpc) is 2.48. The van der Waals surface area contributed by atoms with Crippen molar-refractivity contribution in [2.75, 3.05) is 26.4 Å². The van der Waals surface area contributed by atoms with E-state index in [0.29, 0.717) is 18.8 Å². The highest BCUT2D eigenvalue weighted by Crippen LogP contribution is 2.19. The van der Waals surface area contributed by atoms with Crippen molar-refractivity contribution >= 4 is 0 Å². The van der Waals surface area contributed by atoms with Crippen LogP contribution >= 0.6 is 0 Å². The molecule has 0 amide bonds. The lowest BCUT2D eigenvalue weighted by molar-refractivity contribution is -0.0661. The lowest BCUT2D eigenvalue weighted by Crippen LogP contribution is -2.30. The lowest BCUT2D eigenvalue weighted by Gasteiger charge is -2.23. The molecule has 2 rings (SSSR count). The van der Waals surface area contributed by atoms with Gasteiger partial charge < -0.3 is 19.3 Å². The fourth-order valence-electron chi connectivity index (χ4n) is 2.06. The third kappa shape index (κ3) is 4.44. The SMILES string of the molecule is Cc1cccc(OC[C@@H](O)COC2CCOCC2)c1F. The van der Waals surface area contributed by atoms with Crippen LogP contribution in [0.2, 0.25) is 0 Å². The van der Waals surface area contributed by atoms with E-state index in [4.69, 9.17) is 14.2 Å². The van der Waals surface area contributed by atoms with Gasteiger partial charge in [0.1, 0.15) is 12.7 Å². The molecular weight excluding hydrogens is 263 g/mol. The number of halogens is 1. The van der Waals surface area contributed by atoms with Crippen molar-refractivity contribution in [2.45, 2.75) is 32.0 Å². The molecule has 0 bridgehead atoms. The van der Waals surface area contributed by atoms with Crippen LogP contribution < -0.4 is 4.74 Å². The zero-order valence-electron chi connectivity index (χ0n) is 11.7. The summed E-state index contributed by atoms with van der Waals surface area (Å²) in [6, 6.07) is 4.94. The van der Waals surface area contributed by atoms with Gasteiger partial charge >= 0.3 is 0 Å². The molecule has 5 heteroatoms. The molecule has 1 aromatic rings. The largest absolute Gasteiger partial charge is 0.488 e. The molecule has 1 aliphatic heterocycles. The quantitative estimate of drug-likeness (QED) is 0.869.